The SMILES string of the molecule is C=C1C[C@H]2C=Nc3cc(OCOc4cc5c(cc4C)C(=O)N4CC(=C)C[C@H]4C=N5)c(C)cc3C(=O)N2C1. The summed E-state index contributed by atoms with van der Waals surface area (Å²) in [5, 5.41) is 0. The van der Waals surface area contributed by atoms with Crippen molar-refractivity contribution in [1.82, 2.24) is 9.80 Å². The Kier molecular flexibility index (Phi) is 5.47. The fourth-order valence-electron chi connectivity index (χ4n) is 5.39. The number of hydrogen-bond donors (Lipinski definition) is 0. The first kappa shape index (κ1) is 23.2. The van der Waals surface area contributed by atoms with Crippen LogP contribution in [0.1, 0.15) is 44.7 Å². The van der Waals surface area contributed by atoms with Crippen LogP contribution in [0.3, 0.4) is 0 Å². The van der Waals surface area contributed by atoms with Crippen LogP contribution in [0.25, 0.3) is 0 Å². The maximum atomic E-state index is 13.1. The van der Waals surface area contributed by atoms with Crippen LogP contribution in [0.2, 0.25) is 0 Å². The highest BCUT2D eigenvalue weighted by molar-refractivity contribution is 6.04. The summed E-state index contributed by atoms with van der Waals surface area (Å²) in [7, 11) is 0. The van der Waals surface area contributed by atoms with Crippen LogP contribution in [0, 0.1) is 13.8 Å². The summed E-state index contributed by atoms with van der Waals surface area (Å²) < 4.78 is 11.9. The van der Waals surface area contributed by atoms with Crippen LogP contribution in [0.15, 0.2) is 58.6 Å². The van der Waals surface area contributed by atoms with Gasteiger partial charge < -0.3 is 19.3 Å². The topological polar surface area (TPSA) is 83.8 Å². The Bertz CT molecular complexity index is 1330. The number of rotatable bonds is 4. The first-order chi connectivity index (χ1) is 17.8. The van der Waals surface area contributed by atoms with E-state index in [-0.39, 0.29) is 30.7 Å². The minimum Gasteiger partial charge on any atom is -0.457 e. The number of ether oxygens (including phenoxy) is 2. The molecular formula is C29H28N4O4. The normalized spacial score (nSPS) is 21.9. The van der Waals surface area contributed by atoms with Gasteiger partial charge in [0.15, 0.2) is 0 Å². The van der Waals surface area contributed by atoms with Crippen molar-refractivity contribution in [2.75, 3.05) is 19.9 Å². The molecule has 0 spiro atoms. The van der Waals surface area contributed by atoms with Gasteiger partial charge in [0, 0.05) is 37.7 Å². The lowest BCUT2D eigenvalue weighted by Gasteiger charge is -2.20. The van der Waals surface area contributed by atoms with E-state index >= 15 is 0 Å². The molecule has 2 amide bonds. The van der Waals surface area contributed by atoms with Gasteiger partial charge in [0.1, 0.15) is 11.5 Å². The number of carbonyl (C=O) groups is 2. The molecule has 188 valence electrons. The van der Waals surface area contributed by atoms with E-state index in [4.69, 9.17) is 9.47 Å². The lowest BCUT2D eigenvalue weighted by molar-refractivity contribution is 0.0770. The van der Waals surface area contributed by atoms with E-state index in [1.165, 1.54) is 0 Å². The molecule has 0 saturated carbocycles. The molecule has 2 fully saturated rings. The molecule has 4 heterocycles. The van der Waals surface area contributed by atoms with Gasteiger partial charge in [0.25, 0.3) is 11.8 Å². The van der Waals surface area contributed by atoms with E-state index in [2.05, 4.69) is 23.1 Å². The standard InChI is InChI=1S/C29H28N4O4/c1-16-5-20-11-30-24-9-26(18(3)7-22(24)28(34)32(20)13-16)36-15-37-27-10-25-23(8-19(27)4)29(35)33-14-17(2)6-21(33)12-31-25/h7-12,20-21H,1-2,5-6,13-15H2,3-4H3/t20-,21-/m0/s1. The number of aliphatic imine (C=N–C) groups is 2. The molecule has 2 atom stereocenters. The highest BCUT2D eigenvalue weighted by Crippen LogP contribution is 2.36. The van der Waals surface area contributed by atoms with E-state index in [1.807, 2.05) is 48.2 Å². The Morgan fingerprint density at radius 2 is 1.22 bits per heavy atom. The fraction of sp³-hybridized carbons (Fsp3) is 0.310. The maximum absolute atomic E-state index is 13.1. The van der Waals surface area contributed by atoms with Gasteiger partial charge >= 0.3 is 0 Å². The van der Waals surface area contributed by atoms with Gasteiger partial charge in [-0.25, -0.2) is 0 Å². The summed E-state index contributed by atoms with van der Waals surface area (Å²) >= 11 is 0. The lowest BCUT2D eigenvalue weighted by Crippen LogP contribution is -2.35. The molecular weight excluding hydrogens is 468 g/mol. The molecule has 0 bridgehead atoms. The third kappa shape index (κ3) is 4.02. The van der Waals surface area contributed by atoms with Gasteiger partial charge in [-0.1, -0.05) is 24.3 Å². The van der Waals surface area contributed by atoms with Crippen molar-refractivity contribution in [3.05, 3.63) is 70.8 Å². The highest BCUT2D eigenvalue weighted by atomic mass is 16.7. The van der Waals surface area contributed by atoms with Crippen molar-refractivity contribution < 1.29 is 19.1 Å². The molecule has 0 N–H and O–H groups in total. The summed E-state index contributed by atoms with van der Waals surface area (Å²) in [6, 6.07) is 7.11. The van der Waals surface area contributed by atoms with Crippen molar-refractivity contribution in [3.8, 4) is 11.5 Å². The zero-order valence-electron chi connectivity index (χ0n) is 21.0. The molecule has 8 nitrogen and oxygen atoms in total. The van der Waals surface area contributed by atoms with E-state index < -0.39 is 0 Å². The van der Waals surface area contributed by atoms with E-state index in [1.54, 1.807) is 12.1 Å². The van der Waals surface area contributed by atoms with Crippen LogP contribution >= 0.6 is 0 Å². The lowest BCUT2D eigenvalue weighted by atomic mass is 10.1. The molecule has 6 rings (SSSR count). The molecule has 37 heavy (non-hydrogen) atoms. The molecule has 2 saturated heterocycles. The summed E-state index contributed by atoms with van der Waals surface area (Å²) in [4.78, 5) is 39.0. The minimum absolute atomic E-state index is 0.0393. The number of fused-ring (bicyclic) bond motifs is 4. The molecule has 0 radical (unpaired) electrons. The van der Waals surface area contributed by atoms with Gasteiger partial charge in [-0.05, 0) is 49.9 Å². The Morgan fingerprint density at radius 1 is 0.784 bits per heavy atom. The zero-order valence-corrected chi connectivity index (χ0v) is 21.0. The third-order valence-corrected chi connectivity index (χ3v) is 7.35. The Labute approximate surface area is 215 Å². The predicted octanol–water partition coefficient (Wildman–Crippen LogP) is 4.69. The zero-order chi connectivity index (χ0) is 25.8. The second-order valence-electron chi connectivity index (χ2n) is 10.1. The number of nitrogens with zero attached hydrogens (tertiary/aromatic N) is 4. The smallest absolute Gasteiger partial charge is 0.256 e. The van der Waals surface area contributed by atoms with Gasteiger partial charge in [-0.2, -0.15) is 0 Å². The predicted molar refractivity (Wildman–Crippen MR) is 142 cm³/mol. The van der Waals surface area contributed by atoms with Crippen molar-refractivity contribution >= 4 is 35.6 Å². The van der Waals surface area contributed by atoms with Crippen molar-refractivity contribution in [1.29, 1.82) is 0 Å². The Morgan fingerprint density at radius 3 is 1.65 bits per heavy atom. The van der Waals surface area contributed by atoms with E-state index in [9.17, 15) is 9.59 Å². The van der Waals surface area contributed by atoms with Crippen molar-refractivity contribution in [3.63, 3.8) is 0 Å². The van der Waals surface area contributed by atoms with Crippen LogP contribution in [0.4, 0.5) is 11.4 Å². The van der Waals surface area contributed by atoms with Gasteiger partial charge in [-0.15, -0.1) is 0 Å². The number of benzene rings is 2. The van der Waals surface area contributed by atoms with Crippen LogP contribution < -0.4 is 9.47 Å². The summed E-state index contributed by atoms with van der Waals surface area (Å²) in [5.41, 5.74) is 6.01. The molecule has 4 aliphatic rings. The molecule has 4 aliphatic heterocycles. The minimum atomic E-state index is -0.0543. The maximum Gasteiger partial charge on any atom is 0.256 e. The Hall–Kier alpha value is -4.20. The first-order valence-electron chi connectivity index (χ1n) is 12.4. The number of amides is 2. The molecule has 0 unspecified atom stereocenters. The van der Waals surface area contributed by atoms with E-state index in [0.29, 0.717) is 47.1 Å². The first-order valence-corrected chi connectivity index (χ1v) is 12.4. The fourth-order valence-corrected chi connectivity index (χ4v) is 5.39. The highest BCUT2D eigenvalue weighted by Gasteiger charge is 2.35. The third-order valence-electron chi connectivity index (χ3n) is 7.35. The van der Waals surface area contributed by atoms with Crippen LogP contribution in [0.5, 0.6) is 11.5 Å². The molecule has 2 aromatic carbocycles. The second-order valence-corrected chi connectivity index (χ2v) is 10.1. The molecule has 8 heteroatoms. The number of carbonyl (C=O) groups excluding carboxylic acids is 2. The largest absolute Gasteiger partial charge is 0.457 e. The summed E-state index contributed by atoms with van der Waals surface area (Å²) in [5.74, 6) is 1.11. The van der Waals surface area contributed by atoms with Crippen molar-refractivity contribution in [2.24, 2.45) is 9.98 Å². The Balaban J connectivity index is 1.19. The van der Waals surface area contributed by atoms with Crippen LogP contribution in [-0.2, 0) is 0 Å². The summed E-state index contributed by atoms with van der Waals surface area (Å²) in [6.07, 6.45) is 5.12. The number of hydrogen-bond acceptors (Lipinski definition) is 6. The average molecular weight is 497 g/mol. The average Bonchev–Trinajstić information content (AvgIpc) is 3.37. The molecule has 0 aliphatic carbocycles. The second kappa shape index (κ2) is 8.73. The van der Waals surface area contributed by atoms with Gasteiger partial charge in [0.2, 0.25) is 6.79 Å². The number of aryl methyl sites for hydroxylation is 2. The van der Waals surface area contributed by atoms with E-state index in [0.717, 1.165) is 35.1 Å². The van der Waals surface area contributed by atoms with Crippen LogP contribution in [-0.4, -0.2) is 66.0 Å². The monoisotopic (exact) mass is 496 g/mol. The molecule has 0 aromatic heterocycles. The summed E-state index contributed by atoms with van der Waals surface area (Å²) in [6.45, 7) is 12.9. The van der Waals surface area contributed by atoms with Crippen molar-refractivity contribution in [2.45, 2.75) is 38.8 Å². The quantitative estimate of drug-likeness (QED) is 0.454. The molecule has 2 aromatic rings. The van der Waals surface area contributed by atoms with Gasteiger partial charge in [0.05, 0.1) is 34.6 Å². The van der Waals surface area contributed by atoms with Gasteiger partial charge in [-0.3, -0.25) is 19.6 Å².